The van der Waals surface area contributed by atoms with Crippen molar-refractivity contribution < 1.29 is 9.59 Å². The van der Waals surface area contributed by atoms with Gasteiger partial charge in [-0.25, -0.2) is 5.01 Å². The van der Waals surface area contributed by atoms with Crippen LogP contribution in [-0.2, 0) is 9.59 Å². The number of hydrazine groups is 1. The summed E-state index contributed by atoms with van der Waals surface area (Å²) in [5.74, 6) is 0.552. The van der Waals surface area contributed by atoms with Crippen molar-refractivity contribution in [1.82, 2.24) is 15.8 Å². The second kappa shape index (κ2) is 10.9. The van der Waals surface area contributed by atoms with Crippen molar-refractivity contribution in [3.8, 4) is 0 Å². The summed E-state index contributed by atoms with van der Waals surface area (Å²) in [5, 5.41) is 5.07. The number of rotatable bonds is 12. The van der Waals surface area contributed by atoms with Gasteiger partial charge in [-0.1, -0.05) is 27.2 Å². The molecule has 0 bridgehead atoms. The predicted octanol–water partition coefficient (Wildman–Crippen LogP) is 1.73. The maximum absolute atomic E-state index is 11.3. The Balaban J connectivity index is 4.51. The zero-order chi connectivity index (χ0) is 15.5. The van der Waals surface area contributed by atoms with Crippen LogP contribution in [-0.4, -0.2) is 42.4 Å². The van der Waals surface area contributed by atoms with Crippen molar-refractivity contribution in [2.75, 3.05) is 13.2 Å². The maximum Gasteiger partial charge on any atom is 0.146 e. The highest BCUT2D eigenvalue weighted by Crippen LogP contribution is 2.08. The van der Waals surface area contributed by atoms with Crippen molar-refractivity contribution in [2.24, 2.45) is 5.92 Å². The van der Waals surface area contributed by atoms with E-state index in [9.17, 15) is 9.59 Å². The predicted molar refractivity (Wildman–Crippen MR) is 82.2 cm³/mol. The summed E-state index contributed by atoms with van der Waals surface area (Å²) in [5.41, 5.74) is 3.30. The highest BCUT2D eigenvalue weighted by Gasteiger charge is 2.19. The second-order valence-corrected chi connectivity index (χ2v) is 5.76. The molecule has 0 aliphatic heterocycles. The Morgan fingerprint density at radius 3 is 2.40 bits per heavy atom. The van der Waals surface area contributed by atoms with Crippen LogP contribution in [0.5, 0.6) is 0 Å². The standard InChI is InChI=1S/C15H31N3O2/c1-6-7-8-17-18(11-16-13(4)14(5)20)15(10-19)9-12(2)3/h10,12-13,15-17H,6-9,11H2,1-5H3/t13-,15-/m0/s1. The maximum atomic E-state index is 11.3. The smallest absolute Gasteiger partial charge is 0.146 e. The van der Waals surface area contributed by atoms with Gasteiger partial charge in [-0.2, -0.15) is 0 Å². The van der Waals surface area contributed by atoms with Crippen LogP contribution in [0.3, 0.4) is 0 Å². The largest absolute Gasteiger partial charge is 0.302 e. The Kier molecular flexibility index (Phi) is 10.5. The molecule has 0 amide bonds. The number of aldehydes is 1. The van der Waals surface area contributed by atoms with Gasteiger partial charge in [-0.3, -0.25) is 15.5 Å². The molecule has 0 aliphatic carbocycles. The lowest BCUT2D eigenvalue weighted by molar-refractivity contribution is -0.119. The first-order valence-electron chi connectivity index (χ1n) is 7.61. The Bertz CT molecular complexity index is 282. The van der Waals surface area contributed by atoms with Crippen LogP contribution in [0.2, 0.25) is 0 Å². The third-order valence-corrected chi connectivity index (χ3v) is 3.29. The van der Waals surface area contributed by atoms with E-state index in [-0.39, 0.29) is 17.9 Å². The van der Waals surface area contributed by atoms with Crippen molar-refractivity contribution in [3.05, 3.63) is 0 Å². The van der Waals surface area contributed by atoms with E-state index in [0.29, 0.717) is 12.6 Å². The third-order valence-electron chi connectivity index (χ3n) is 3.29. The summed E-state index contributed by atoms with van der Waals surface area (Å²) in [7, 11) is 0. The van der Waals surface area contributed by atoms with Gasteiger partial charge in [-0.15, -0.1) is 0 Å². The highest BCUT2D eigenvalue weighted by molar-refractivity contribution is 5.80. The molecule has 0 saturated heterocycles. The topological polar surface area (TPSA) is 61.4 Å². The number of carbonyl (C=O) groups excluding carboxylic acids is 2. The van der Waals surface area contributed by atoms with Crippen LogP contribution in [0.4, 0.5) is 0 Å². The molecule has 0 aromatic carbocycles. The van der Waals surface area contributed by atoms with Gasteiger partial charge >= 0.3 is 0 Å². The van der Waals surface area contributed by atoms with Crippen molar-refractivity contribution in [2.45, 2.75) is 66.0 Å². The Hall–Kier alpha value is -0.780. The van der Waals surface area contributed by atoms with E-state index in [0.717, 1.165) is 32.1 Å². The van der Waals surface area contributed by atoms with Crippen LogP contribution >= 0.6 is 0 Å². The number of hydrogen-bond acceptors (Lipinski definition) is 5. The van der Waals surface area contributed by atoms with Gasteiger partial charge in [-0.05, 0) is 32.6 Å². The van der Waals surface area contributed by atoms with E-state index < -0.39 is 0 Å². The van der Waals surface area contributed by atoms with E-state index in [4.69, 9.17) is 0 Å². The molecule has 0 aromatic rings. The molecule has 0 rings (SSSR count). The molecule has 2 atom stereocenters. The van der Waals surface area contributed by atoms with E-state index in [1.54, 1.807) is 6.92 Å². The highest BCUT2D eigenvalue weighted by atomic mass is 16.1. The van der Waals surface area contributed by atoms with Crippen LogP contribution in [0.1, 0.15) is 53.9 Å². The van der Waals surface area contributed by atoms with Gasteiger partial charge in [0.25, 0.3) is 0 Å². The average molecular weight is 285 g/mol. The fourth-order valence-electron chi connectivity index (χ4n) is 1.81. The zero-order valence-corrected chi connectivity index (χ0v) is 13.6. The van der Waals surface area contributed by atoms with Crippen LogP contribution < -0.4 is 10.7 Å². The van der Waals surface area contributed by atoms with E-state index in [1.165, 1.54) is 0 Å². The minimum atomic E-state index is -0.197. The first-order chi connectivity index (χ1) is 9.42. The summed E-state index contributed by atoms with van der Waals surface area (Å²) in [6.45, 7) is 11.1. The molecule has 20 heavy (non-hydrogen) atoms. The van der Waals surface area contributed by atoms with Crippen molar-refractivity contribution in [3.63, 3.8) is 0 Å². The Morgan fingerprint density at radius 2 is 1.95 bits per heavy atom. The number of Topliss-reactive ketones (excluding diaryl/α,β-unsaturated/α-hetero) is 1. The normalized spacial score (nSPS) is 14.6. The molecule has 0 heterocycles. The lowest BCUT2D eigenvalue weighted by Gasteiger charge is -2.30. The molecule has 118 valence electrons. The Labute approximate surface area is 123 Å². The van der Waals surface area contributed by atoms with Gasteiger partial charge in [0.15, 0.2) is 0 Å². The number of hydrogen-bond donors (Lipinski definition) is 2. The molecular weight excluding hydrogens is 254 g/mol. The molecule has 2 N–H and O–H groups in total. The molecule has 0 aliphatic rings. The van der Waals surface area contributed by atoms with Gasteiger partial charge in [0, 0.05) is 6.54 Å². The van der Waals surface area contributed by atoms with Crippen molar-refractivity contribution in [1.29, 1.82) is 0 Å². The SMILES string of the molecule is CCCCNN(CN[C@@H](C)C(C)=O)[C@H](C=O)CC(C)C. The molecule has 5 nitrogen and oxygen atoms in total. The van der Waals surface area contributed by atoms with Gasteiger partial charge in [0.2, 0.25) is 0 Å². The van der Waals surface area contributed by atoms with Gasteiger partial charge in [0.1, 0.15) is 12.1 Å². The molecule has 0 unspecified atom stereocenters. The first-order valence-corrected chi connectivity index (χ1v) is 7.61. The summed E-state index contributed by atoms with van der Waals surface area (Å²) in [6.07, 6.45) is 3.96. The minimum absolute atomic E-state index is 0.102. The second-order valence-electron chi connectivity index (χ2n) is 5.76. The fourth-order valence-corrected chi connectivity index (χ4v) is 1.81. The van der Waals surface area contributed by atoms with Gasteiger partial charge < -0.3 is 4.79 Å². The van der Waals surface area contributed by atoms with E-state index >= 15 is 0 Å². The fraction of sp³-hybridized carbons (Fsp3) is 0.867. The number of ketones is 1. The zero-order valence-electron chi connectivity index (χ0n) is 13.6. The Morgan fingerprint density at radius 1 is 1.30 bits per heavy atom. The van der Waals surface area contributed by atoms with Crippen LogP contribution in [0, 0.1) is 5.92 Å². The molecule has 0 fully saturated rings. The lowest BCUT2D eigenvalue weighted by Crippen LogP contribution is -2.53. The quantitative estimate of drug-likeness (QED) is 0.247. The van der Waals surface area contributed by atoms with Gasteiger partial charge in [0.05, 0.1) is 18.8 Å². The summed E-state index contributed by atoms with van der Waals surface area (Å²) < 4.78 is 0. The van der Waals surface area contributed by atoms with E-state index in [2.05, 4.69) is 31.5 Å². The number of unbranched alkanes of at least 4 members (excludes halogenated alkanes) is 1. The molecule has 5 heteroatoms. The third kappa shape index (κ3) is 8.40. The summed E-state index contributed by atoms with van der Waals surface area (Å²) >= 11 is 0. The monoisotopic (exact) mass is 285 g/mol. The number of nitrogens with zero attached hydrogens (tertiary/aromatic N) is 1. The molecule has 0 radical (unpaired) electrons. The first kappa shape index (κ1) is 19.2. The van der Waals surface area contributed by atoms with E-state index in [1.807, 2.05) is 11.9 Å². The summed E-state index contributed by atoms with van der Waals surface area (Å²) in [4.78, 5) is 22.6. The number of nitrogens with one attached hydrogen (secondary N) is 2. The molecule has 0 spiro atoms. The number of carbonyl (C=O) groups is 2. The lowest BCUT2D eigenvalue weighted by atomic mass is 10.0. The molecular formula is C15H31N3O2. The average Bonchev–Trinajstić information content (AvgIpc) is 2.39. The molecule has 0 aromatic heterocycles. The van der Waals surface area contributed by atoms with Crippen molar-refractivity contribution >= 4 is 12.1 Å². The minimum Gasteiger partial charge on any atom is -0.302 e. The summed E-state index contributed by atoms with van der Waals surface area (Å²) in [6, 6.07) is -0.365. The van der Waals surface area contributed by atoms with Crippen LogP contribution in [0.25, 0.3) is 0 Å². The molecule has 0 saturated carbocycles. The van der Waals surface area contributed by atoms with Crippen LogP contribution in [0.15, 0.2) is 0 Å².